The number of thiol groups is 1. The van der Waals surface area contributed by atoms with E-state index in [0.717, 1.165) is 24.4 Å². The Balaban J connectivity index is 2.33. The maximum Gasteiger partial charge on any atom is 0.0779 e. The smallest absolute Gasteiger partial charge is 0.0779 e. The summed E-state index contributed by atoms with van der Waals surface area (Å²) < 4.78 is 5.54. The molecule has 1 heterocycles. The van der Waals surface area contributed by atoms with Gasteiger partial charge in [0, 0.05) is 11.5 Å². The zero-order valence-corrected chi connectivity index (χ0v) is 10.1. The summed E-state index contributed by atoms with van der Waals surface area (Å²) in [5.41, 5.74) is 2.38. The van der Waals surface area contributed by atoms with Crippen LogP contribution in [0.15, 0.2) is 47.4 Å². The van der Waals surface area contributed by atoms with Gasteiger partial charge in [0.05, 0.1) is 6.61 Å². The van der Waals surface area contributed by atoms with Crippen LogP contribution in [0.4, 0.5) is 0 Å². The van der Waals surface area contributed by atoms with Gasteiger partial charge >= 0.3 is 0 Å². The molecular formula is C14H16OS. The molecule has 0 unspecified atom stereocenters. The number of ether oxygens (including phenoxy) is 1. The van der Waals surface area contributed by atoms with Crippen molar-refractivity contribution in [3.8, 4) is 0 Å². The summed E-state index contributed by atoms with van der Waals surface area (Å²) in [4.78, 5) is 1.00. The Bertz CT molecular complexity index is 392. The summed E-state index contributed by atoms with van der Waals surface area (Å²) in [6.07, 6.45) is 6.51. The SMILES string of the molecule is S/C1=C(c2ccccc2)/C=C\CCCOC1. The van der Waals surface area contributed by atoms with Crippen LogP contribution in [0.2, 0.25) is 0 Å². The van der Waals surface area contributed by atoms with Crippen LogP contribution >= 0.6 is 12.6 Å². The first-order valence-corrected chi connectivity index (χ1v) is 6.04. The molecule has 0 radical (unpaired) electrons. The zero-order chi connectivity index (χ0) is 11.2. The normalized spacial score (nSPS) is 24.3. The van der Waals surface area contributed by atoms with Crippen LogP contribution in [0.25, 0.3) is 5.57 Å². The molecule has 1 nitrogen and oxygen atoms in total. The van der Waals surface area contributed by atoms with E-state index in [-0.39, 0.29) is 0 Å². The van der Waals surface area contributed by atoms with Crippen LogP contribution in [0, 0.1) is 0 Å². The van der Waals surface area contributed by atoms with E-state index in [2.05, 4.69) is 36.9 Å². The van der Waals surface area contributed by atoms with Gasteiger partial charge in [0.1, 0.15) is 0 Å². The van der Waals surface area contributed by atoms with Crippen molar-refractivity contribution in [1.29, 1.82) is 0 Å². The van der Waals surface area contributed by atoms with Crippen LogP contribution in [-0.4, -0.2) is 13.2 Å². The van der Waals surface area contributed by atoms with Gasteiger partial charge in [0.2, 0.25) is 0 Å². The van der Waals surface area contributed by atoms with Gasteiger partial charge in [-0.05, 0) is 24.0 Å². The Morgan fingerprint density at radius 3 is 2.75 bits per heavy atom. The summed E-state index contributed by atoms with van der Waals surface area (Å²) in [7, 11) is 0. The molecule has 84 valence electrons. The largest absolute Gasteiger partial charge is 0.376 e. The molecule has 1 aliphatic heterocycles. The second-order valence-electron chi connectivity index (χ2n) is 3.82. The molecule has 1 aliphatic rings. The van der Waals surface area contributed by atoms with E-state index in [4.69, 9.17) is 4.74 Å². The Labute approximate surface area is 102 Å². The van der Waals surface area contributed by atoms with Crippen molar-refractivity contribution < 1.29 is 4.74 Å². The third kappa shape index (κ3) is 3.00. The van der Waals surface area contributed by atoms with Gasteiger partial charge < -0.3 is 4.74 Å². The van der Waals surface area contributed by atoms with Crippen LogP contribution < -0.4 is 0 Å². The highest BCUT2D eigenvalue weighted by molar-refractivity contribution is 7.84. The van der Waals surface area contributed by atoms with Crippen molar-refractivity contribution in [3.05, 3.63) is 53.0 Å². The zero-order valence-electron chi connectivity index (χ0n) is 9.23. The molecule has 0 saturated heterocycles. The van der Waals surface area contributed by atoms with Gasteiger partial charge in [0.25, 0.3) is 0 Å². The lowest BCUT2D eigenvalue weighted by Crippen LogP contribution is -1.97. The Kier molecular flexibility index (Phi) is 4.25. The molecule has 2 rings (SSSR count). The highest BCUT2D eigenvalue weighted by Crippen LogP contribution is 2.24. The maximum absolute atomic E-state index is 5.54. The Morgan fingerprint density at radius 2 is 1.94 bits per heavy atom. The second kappa shape index (κ2) is 5.92. The highest BCUT2D eigenvalue weighted by atomic mass is 32.1. The average Bonchev–Trinajstić information content (AvgIpc) is 2.43. The topological polar surface area (TPSA) is 9.23 Å². The van der Waals surface area contributed by atoms with Crippen molar-refractivity contribution >= 4 is 18.2 Å². The van der Waals surface area contributed by atoms with E-state index in [0.29, 0.717) is 6.61 Å². The first-order chi connectivity index (χ1) is 7.88. The molecule has 0 amide bonds. The molecule has 0 aromatic heterocycles. The Morgan fingerprint density at radius 1 is 1.12 bits per heavy atom. The molecule has 0 aliphatic carbocycles. The van der Waals surface area contributed by atoms with Crippen LogP contribution in [0.1, 0.15) is 18.4 Å². The molecule has 0 spiro atoms. The summed E-state index contributed by atoms with van der Waals surface area (Å²) >= 11 is 4.54. The molecule has 0 fully saturated rings. The molecule has 0 atom stereocenters. The first-order valence-electron chi connectivity index (χ1n) is 5.60. The van der Waals surface area contributed by atoms with E-state index in [1.165, 1.54) is 11.1 Å². The minimum absolute atomic E-state index is 0.609. The minimum atomic E-state index is 0.609. The molecule has 1 aromatic carbocycles. The van der Waals surface area contributed by atoms with E-state index in [1.807, 2.05) is 18.2 Å². The van der Waals surface area contributed by atoms with Crippen molar-refractivity contribution in [3.63, 3.8) is 0 Å². The number of benzene rings is 1. The standard InChI is InChI=1S/C14H16OS/c16-14-11-15-10-6-2-5-9-13(14)12-7-3-1-4-8-12/h1,3-5,7-9,16H,2,6,10-11H2/b9-5-,14-13-. The van der Waals surface area contributed by atoms with Gasteiger partial charge in [-0.2, -0.15) is 0 Å². The van der Waals surface area contributed by atoms with E-state index in [1.54, 1.807) is 0 Å². The minimum Gasteiger partial charge on any atom is -0.376 e. The molecule has 2 heteroatoms. The summed E-state index contributed by atoms with van der Waals surface area (Å²) in [6, 6.07) is 10.3. The third-order valence-electron chi connectivity index (χ3n) is 2.58. The fraction of sp³-hybridized carbons (Fsp3) is 0.286. The predicted octanol–water partition coefficient (Wildman–Crippen LogP) is 3.69. The van der Waals surface area contributed by atoms with Crippen molar-refractivity contribution in [2.45, 2.75) is 12.8 Å². The fourth-order valence-electron chi connectivity index (χ4n) is 1.73. The lowest BCUT2D eigenvalue weighted by molar-refractivity contribution is 0.159. The van der Waals surface area contributed by atoms with E-state index in [9.17, 15) is 0 Å². The van der Waals surface area contributed by atoms with Gasteiger partial charge in [0.15, 0.2) is 0 Å². The van der Waals surface area contributed by atoms with Gasteiger partial charge in [-0.3, -0.25) is 0 Å². The lowest BCUT2D eigenvalue weighted by atomic mass is 10.0. The first kappa shape index (κ1) is 11.5. The molecular weight excluding hydrogens is 216 g/mol. The maximum atomic E-state index is 5.54. The summed E-state index contributed by atoms with van der Waals surface area (Å²) in [5, 5.41) is 0. The fourth-order valence-corrected chi connectivity index (χ4v) is 2.02. The van der Waals surface area contributed by atoms with Crippen molar-refractivity contribution in [2.24, 2.45) is 0 Å². The average molecular weight is 232 g/mol. The van der Waals surface area contributed by atoms with Crippen molar-refractivity contribution in [1.82, 2.24) is 0 Å². The van der Waals surface area contributed by atoms with Gasteiger partial charge in [-0.1, -0.05) is 42.5 Å². The molecule has 1 aromatic rings. The Hall–Kier alpha value is -0.990. The number of allylic oxidation sites excluding steroid dienone is 3. The second-order valence-corrected chi connectivity index (χ2v) is 4.36. The number of hydrogen-bond acceptors (Lipinski definition) is 2. The van der Waals surface area contributed by atoms with Crippen molar-refractivity contribution in [2.75, 3.05) is 13.2 Å². The third-order valence-corrected chi connectivity index (χ3v) is 2.95. The highest BCUT2D eigenvalue weighted by Gasteiger charge is 2.05. The quantitative estimate of drug-likeness (QED) is 0.726. The van der Waals surface area contributed by atoms with Crippen LogP contribution in [-0.2, 0) is 4.74 Å². The number of rotatable bonds is 1. The monoisotopic (exact) mass is 232 g/mol. The van der Waals surface area contributed by atoms with Gasteiger partial charge in [-0.25, -0.2) is 0 Å². The summed E-state index contributed by atoms with van der Waals surface area (Å²) in [5.74, 6) is 0. The molecule has 16 heavy (non-hydrogen) atoms. The van der Waals surface area contributed by atoms with E-state index >= 15 is 0 Å². The van der Waals surface area contributed by atoms with Crippen LogP contribution in [0.5, 0.6) is 0 Å². The lowest BCUT2D eigenvalue weighted by Gasteiger charge is -2.07. The summed E-state index contributed by atoms with van der Waals surface area (Å²) in [6.45, 7) is 1.42. The molecule has 0 N–H and O–H groups in total. The van der Waals surface area contributed by atoms with Gasteiger partial charge in [-0.15, -0.1) is 12.6 Å². The number of hydrogen-bond donors (Lipinski definition) is 1. The van der Waals surface area contributed by atoms with E-state index < -0.39 is 0 Å². The predicted molar refractivity (Wildman–Crippen MR) is 71.5 cm³/mol. The van der Waals surface area contributed by atoms with Crippen LogP contribution in [0.3, 0.4) is 0 Å². The molecule has 0 bridgehead atoms. The molecule has 0 saturated carbocycles.